The number of benzene rings is 1. The van der Waals surface area contributed by atoms with E-state index in [1.807, 2.05) is 55.9 Å². The van der Waals surface area contributed by atoms with Crippen LogP contribution in [0.25, 0.3) is 0 Å². The van der Waals surface area contributed by atoms with Crippen LogP contribution in [0.5, 0.6) is 0 Å². The van der Waals surface area contributed by atoms with Crippen molar-refractivity contribution < 1.29 is 9.59 Å². The van der Waals surface area contributed by atoms with E-state index in [1.165, 1.54) is 11.3 Å². The van der Waals surface area contributed by atoms with Crippen molar-refractivity contribution in [3.05, 3.63) is 57.2 Å². The van der Waals surface area contributed by atoms with E-state index in [0.29, 0.717) is 30.8 Å². The van der Waals surface area contributed by atoms with E-state index in [-0.39, 0.29) is 17.7 Å². The Balaban J connectivity index is 1.77. The predicted octanol–water partition coefficient (Wildman–Crippen LogP) is 4.17. The number of Topliss-reactive ketones (excluding diaryl/α,β-unsaturated/α-hetero) is 1. The minimum Gasteiger partial charge on any atom is -0.354 e. The first-order chi connectivity index (χ1) is 12.0. The molecule has 134 valence electrons. The zero-order valence-corrected chi connectivity index (χ0v) is 16.1. The topological polar surface area (TPSA) is 49.4 Å². The SMILES string of the molecule is CN(C)C(CNC(=O)CCCC(=O)c1cccs1)c1ccc(Cl)cc1. The lowest BCUT2D eigenvalue weighted by Gasteiger charge is -2.25. The third kappa shape index (κ3) is 6.27. The molecule has 2 aromatic rings. The summed E-state index contributed by atoms with van der Waals surface area (Å²) in [5.74, 6) is 0.0786. The Labute approximate surface area is 157 Å². The first-order valence-corrected chi connectivity index (χ1v) is 9.48. The van der Waals surface area contributed by atoms with E-state index >= 15 is 0 Å². The van der Waals surface area contributed by atoms with Gasteiger partial charge in [-0.15, -0.1) is 11.3 Å². The number of carbonyl (C=O) groups excluding carboxylic acids is 2. The fourth-order valence-electron chi connectivity index (χ4n) is 2.55. The minimum atomic E-state index is -0.0280. The van der Waals surface area contributed by atoms with Crippen molar-refractivity contribution in [2.24, 2.45) is 0 Å². The van der Waals surface area contributed by atoms with Gasteiger partial charge >= 0.3 is 0 Å². The molecule has 0 spiro atoms. The number of halogens is 1. The van der Waals surface area contributed by atoms with Gasteiger partial charge in [-0.3, -0.25) is 9.59 Å². The van der Waals surface area contributed by atoms with Crippen molar-refractivity contribution >= 4 is 34.6 Å². The number of hydrogen-bond acceptors (Lipinski definition) is 4. The van der Waals surface area contributed by atoms with Crippen LogP contribution in [0.4, 0.5) is 0 Å². The van der Waals surface area contributed by atoms with Crippen molar-refractivity contribution in [3.8, 4) is 0 Å². The lowest BCUT2D eigenvalue weighted by atomic mass is 10.1. The second-order valence-electron chi connectivity index (χ2n) is 6.09. The fourth-order valence-corrected chi connectivity index (χ4v) is 3.37. The first-order valence-electron chi connectivity index (χ1n) is 8.22. The van der Waals surface area contributed by atoms with Crippen LogP contribution < -0.4 is 5.32 Å². The van der Waals surface area contributed by atoms with E-state index in [1.54, 1.807) is 0 Å². The van der Waals surface area contributed by atoms with Gasteiger partial charge in [-0.05, 0) is 49.7 Å². The van der Waals surface area contributed by atoms with Crippen molar-refractivity contribution in [2.45, 2.75) is 25.3 Å². The quantitative estimate of drug-likeness (QED) is 0.666. The molecule has 0 radical (unpaired) electrons. The number of likely N-dealkylation sites (N-methyl/N-ethyl adjacent to an activating group) is 1. The summed E-state index contributed by atoms with van der Waals surface area (Å²) in [7, 11) is 3.95. The maximum absolute atomic E-state index is 12.1. The molecule has 0 aliphatic carbocycles. The first kappa shape index (κ1) is 19.6. The third-order valence-corrected chi connectivity index (χ3v) is 5.14. The van der Waals surface area contributed by atoms with Crippen molar-refractivity contribution in [2.75, 3.05) is 20.6 Å². The number of amides is 1. The molecule has 1 heterocycles. The van der Waals surface area contributed by atoms with Gasteiger partial charge < -0.3 is 10.2 Å². The molecule has 25 heavy (non-hydrogen) atoms. The second kappa shape index (κ2) is 9.70. The molecule has 0 bridgehead atoms. The fraction of sp³-hybridized carbons (Fsp3) is 0.368. The summed E-state index contributed by atoms with van der Waals surface area (Å²) in [6.07, 6.45) is 1.33. The highest BCUT2D eigenvalue weighted by Crippen LogP contribution is 2.20. The molecule has 1 aromatic carbocycles. The molecule has 1 aromatic heterocycles. The van der Waals surface area contributed by atoms with Gasteiger partial charge in [0.1, 0.15) is 0 Å². The molecule has 0 fully saturated rings. The van der Waals surface area contributed by atoms with Gasteiger partial charge in [-0.25, -0.2) is 0 Å². The van der Waals surface area contributed by atoms with Gasteiger partial charge in [-0.1, -0.05) is 29.8 Å². The monoisotopic (exact) mass is 378 g/mol. The molecule has 1 atom stereocenters. The minimum absolute atomic E-state index is 0.0280. The molecule has 0 aliphatic rings. The molecule has 6 heteroatoms. The molecular weight excluding hydrogens is 356 g/mol. The van der Waals surface area contributed by atoms with Crippen LogP contribution >= 0.6 is 22.9 Å². The average Bonchev–Trinajstić information content (AvgIpc) is 3.11. The number of nitrogens with zero attached hydrogens (tertiary/aromatic N) is 1. The van der Waals surface area contributed by atoms with Crippen LogP contribution in [0.2, 0.25) is 5.02 Å². The largest absolute Gasteiger partial charge is 0.354 e. The summed E-state index contributed by atoms with van der Waals surface area (Å²) >= 11 is 7.37. The van der Waals surface area contributed by atoms with E-state index < -0.39 is 0 Å². The van der Waals surface area contributed by atoms with Crippen LogP contribution in [0.1, 0.15) is 40.5 Å². The van der Waals surface area contributed by atoms with Crippen LogP contribution in [-0.4, -0.2) is 37.2 Å². The Hall–Kier alpha value is -1.69. The van der Waals surface area contributed by atoms with Gasteiger partial charge in [0.25, 0.3) is 0 Å². The zero-order valence-electron chi connectivity index (χ0n) is 14.5. The molecule has 1 unspecified atom stereocenters. The average molecular weight is 379 g/mol. The summed E-state index contributed by atoms with van der Waals surface area (Å²) in [6, 6.07) is 11.4. The number of hydrogen-bond donors (Lipinski definition) is 1. The zero-order chi connectivity index (χ0) is 18.2. The normalized spacial score (nSPS) is 12.2. The van der Waals surface area contributed by atoms with Crippen molar-refractivity contribution in [1.29, 1.82) is 0 Å². The number of thiophene rings is 1. The third-order valence-electron chi connectivity index (χ3n) is 3.97. The van der Waals surface area contributed by atoms with Crippen molar-refractivity contribution in [3.63, 3.8) is 0 Å². The Kier molecular flexibility index (Phi) is 7.62. The van der Waals surface area contributed by atoms with Gasteiger partial charge in [0, 0.05) is 24.4 Å². The van der Waals surface area contributed by atoms with Gasteiger partial charge in [0.15, 0.2) is 5.78 Å². The van der Waals surface area contributed by atoms with Gasteiger partial charge in [-0.2, -0.15) is 0 Å². The molecule has 2 rings (SSSR count). The van der Waals surface area contributed by atoms with E-state index in [4.69, 9.17) is 11.6 Å². The standard InChI is InChI=1S/C19H23ClN2O2S/c1-22(2)16(14-8-10-15(20)11-9-14)13-21-19(24)7-3-5-17(23)18-6-4-12-25-18/h4,6,8-12,16H,3,5,7,13H2,1-2H3,(H,21,24). The lowest BCUT2D eigenvalue weighted by molar-refractivity contribution is -0.121. The number of carbonyl (C=O) groups is 2. The maximum Gasteiger partial charge on any atom is 0.220 e. The van der Waals surface area contributed by atoms with Gasteiger partial charge in [0.2, 0.25) is 5.91 Å². The Bertz CT molecular complexity index is 684. The maximum atomic E-state index is 12.1. The second-order valence-corrected chi connectivity index (χ2v) is 7.47. The lowest BCUT2D eigenvalue weighted by Crippen LogP contribution is -2.34. The predicted molar refractivity (Wildman–Crippen MR) is 103 cm³/mol. The number of rotatable bonds is 9. The number of nitrogens with one attached hydrogen (secondary N) is 1. The highest BCUT2D eigenvalue weighted by Gasteiger charge is 2.15. The summed E-state index contributed by atoms with van der Waals surface area (Å²) in [4.78, 5) is 26.8. The summed E-state index contributed by atoms with van der Waals surface area (Å²) in [6.45, 7) is 0.520. The van der Waals surface area contributed by atoms with Crippen LogP contribution in [0.3, 0.4) is 0 Å². The highest BCUT2D eigenvalue weighted by atomic mass is 35.5. The Morgan fingerprint density at radius 2 is 1.88 bits per heavy atom. The molecule has 4 nitrogen and oxygen atoms in total. The van der Waals surface area contributed by atoms with Crippen LogP contribution in [0, 0.1) is 0 Å². The molecule has 1 N–H and O–H groups in total. The van der Waals surface area contributed by atoms with E-state index in [9.17, 15) is 9.59 Å². The smallest absolute Gasteiger partial charge is 0.220 e. The summed E-state index contributed by atoms with van der Waals surface area (Å²) in [5.41, 5.74) is 1.10. The molecule has 0 saturated carbocycles. The summed E-state index contributed by atoms with van der Waals surface area (Å²) < 4.78 is 0. The molecule has 0 saturated heterocycles. The van der Waals surface area contributed by atoms with Crippen LogP contribution in [0.15, 0.2) is 41.8 Å². The van der Waals surface area contributed by atoms with Crippen LogP contribution in [-0.2, 0) is 4.79 Å². The Morgan fingerprint density at radius 1 is 1.16 bits per heavy atom. The van der Waals surface area contributed by atoms with Crippen molar-refractivity contribution in [1.82, 2.24) is 10.2 Å². The number of ketones is 1. The summed E-state index contributed by atoms with van der Waals surface area (Å²) in [5, 5.41) is 5.55. The van der Waals surface area contributed by atoms with E-state index in [2.05, 4.69) is 10.2 Å². The molecule has 0 aliphatic heterocycles. The highest BCUT2D eigenvalue weighted by molar-refractivity contribution is 7.12. The molecule has 1 amide bonds. The van der Waals surface area contributed by atoms with Gasteiger partial charge in [0.05, 0.1) is 10.9 Å². The Morgan fingerprint density at radius 3 is 2.48 bits per heavy atom. The van der Waals surface area contributed by atoms with E-state index in [0.717, 1.165) is 10.4 Å². The molecular formula is C19H23ClN2O2S.